The lowest BCUT2D eigenvalue weighted by atomic mass is 10.0. The maximum Gasteiger partial charge on any atom is 0.254 e. The molecule has 2 aliphatic heterocycles. The van der Waals surface area contributed by atoms with Gasteiger partial charge in [0.1, 0.15) is 0 Å². The van der Waals surface area contributed by atoms with Crippen molar-refractivity contribution in [3.63, 3.8) is 0 Å². The van der Waals surface area contributed by atoms with Gasteiger partial charge in [-0.2, -0.15) is 5.10 Å². The monoisotopic (exact) mass is 338 g/mol. The van der Waals surface area contributed by atoms with Crippen LogP contribution in [0.15, 0.2) is 24.3 Å². The van der Waals surface area contributed by atoms with Crippen LogP contribution in [0.5, 0.6) is 0 Å². The molecule has 0 N–H and O–H groups in total. The summed E-state index contributed by atoms with van der Waals surface area (Å²) in [5.74, 6) is 0.122. The van der Waals surface area contributed by atoms with E-state index in [1.54, 1.807) is 0 Å². The maximum absolute atomic E-state index is 12.8. The highest BCUT2D eigenvalue weighted by molar-refractivity contribution is 5.94. The van der Waals surface area contributed by atoms with Crippen LogP contribution in [0.4, 0.5) is 0 Å². The summed E-state index contributed by atoms with van der Waals surface area (Å²) in [5, 5.41) is 4.77. The van der Waals surface area contributed by atoms with Gasteiger partial charge >= 0.3 is 0 Å². The van der Waals surface area contributed by atoms with Gasteiger partial charge in [-0.3, -0.25) is 14.4 Å². The quantitative estimate of drug-likeness (QED) is 0.863. The number of nitrogens with zero attached hydrogens (tertiary/aromatic N) is 4. The number of amides is 1. The Hall–Kier alpha value is -2.14. The van der Waals surface area contributed by atoms with Crippen molar-refractivity contribution in [1.29, 1.82) is 0 Å². The first kappa shape index (κ1) is 16.3. The molecule has 0 unspecified atom stereocenters. The number of benzene rings is 1. The van der Waals surface area contributed by atoms with Crippen molar-refractivity contribution in [2.24, 2.45) is 7.05 Å². The number of hydrogen-bond acceptors (Lipinski definition) is 3. The Balaban J connectivity index is 1.53. The topological polar surface area (TPSA) is 41.4 Å². The van der Waals surface area contributed by atoms with Gasteiger partial charge in [0, 0.05) is 31.3 Å². The zero-order valence-corrected chi connectivity index (χ0v) is 15.2. The molecular formula is C20H26N4O. The predicted molar refractivity (Wildman–Crippen MR) is 97.3 cm³/mol. The van der Waals surface area contributed by atoms with Gasteiger partial charge in [0.15, 0.2) is 0 Å². The van der Waals surface area contributed by atoms with Gasteiger partial charge in [0.2, 0.25) is 0 Å². The minimum atomic E-state index is 0.122. The molecule has 132 valence electrons. The number of aryl methyl sites for hydroxylation is 2. The van der Waals surface area contributed by atoms with Crippen LogP contribution < -0.4 is 0 Å². The first-order valence-electron chi connectivity index (χ1n) is 9.24. The van der Waals surface area contributed by atoms with E-state index in [0.717, 1.165) is 30.6 Å². The summed E-state index contributed by atoms with van der Waals surface area (Å²) in [5.41, 5.74) is 5.67. The van der Waals surface area contributed by atoms with Crippen LogP contribution in [-0.4, -0.2) is 45.1 Å². The lowest BCUT2D eigenvalue weighted by Gasteiger charge is -2.28. The van der Waals surface area contributed by atoms with E-state index in [1.807, 2.05) is 47.8 Å². The van der Waals surface area contributed by atoms with Gasteiger partial charge in [-0.15, -0.1) is 0 Å². The molecule has 0 radical (unpaired) electrons. The number of fused-ring (bicyclic) bond motifs is 1. The Morgan fingerprint density at radius 3 is 2.76 bits per heavy atom. The minimum Gasteiger partial charge on any atom is -0.332 e. The molecule has 1 amide bonds. The Kier molecular flexibility index (Phi) is 4.34. The summed E-state index contributed by atoms with van der Waals surface area (Å²) in [6.07, 6.45) is 3.51. The van der Waals surface area contributed by atoms with E-state index in [9.17, 15) is 4.79 Å². The van der Waals surface area contributed by atoms with Crippen LogP contribution in [-0.2, 0) is 26.6 Å². The largest absolute Gasteiger partial charge is 0.332 e. The molecule has 1 fully saturated rings. The lowest BCUT2D eigenvalue weighted by molar-refractivity contribution is 0.0730. The number of rotatable bonds is 3. The van der Waals surface area contributed by atoms with Crippen LogP contribution in [0.25, 0.3) is 0 Å². The van der Waals surface area contributed by atoms with E-state index in [4.69, 9.17) is 5.10 Å². The molecule has 1 aromatic carbocycles. The molecule has 2 aromatic rings. The van der Waals surface area contributed by atoms with Crippen LogP contribution in [0.3, 0.4) is 0 Å². The van der Waals surface area contributed by atoms with E-state index >= 15 is 0 Å². The molecule has 0 aliphatic carbocycles. The van der Waals surface area contributed by atoms with Crippen molar-refractivity contribution in [2.75, 3.05) is 19.6 Å². The SMILES string of the molecule is Cc1cccc(C(=O)N2CCc3c(CN4CCCC4)nn(C)c3C2)c1. The van der Waals surface area contributed by atoms with Crippen LogP contribution in [0.2, 0.25) is 0 Å². The fourth-order valence-corrected chi connectivity index (χ4v) is 4.07. The van der Waals surface area contributed by atoms with E-state index in [1.165, 1.54) is 42.9 Å². The van der Waals surface area contributed by atoms with E-state index < -0.39 is 0 Å². The standard InChI is InChI=1S/C20H26N4O/c1-15-6-5-7-16(12-15)20(25)24-11-8-17-18(13-23-9-3-4-10-23)21-22(2)19(17)14-24/h5-7,12H,3-4,8-11,13-14H2,1-2H3. The number of likely N-dealkylation sites (tertiary alicyclic amines) is 1. The molecule has 1 aromatic heterocycles. The van der Waals surface area contributed by atoms with Crippen molar-refractivity contribution in [3.05, 3.63) is 52.3 Å². The molecule has 2 aliphatic rings. The van der Waals surface area contributed by atoms with Crippen molar-refractivity contribution in [2.45, 2.75) is 39.3 Å². The fourth-order valence-electron chi connectivity index (χ4n) is 4.07. The number of carbonyl (C=O) groups excluding carboxylic acids is 1. The Morgan fingerprint density at radius 1 is 1.20 bits per heavy atom. The summed E-state index contributed by atoms with van der Waals surface area (Å²) in [4.78, 5) is 17.3. The number of aromatic nitrogens is 2. The molecule has 1 saturated heterocycles. The second-order valence-electron chi connectivity index (χ2n) is 7.32. The van der Waals surface area contributed by atoms with Gasteiger partial charge in [0.05, 0.1) is 17.9 Å². The van der Waals surface area contributed by atoms with E-state index in [-0.39, 0.29) is 5.91 Å². The average Bonchev–Trinajstić information content (AvgIpc) is 3.23. The normalized spacial score (nSPS) is 17.8. The Bertz CT molecular complexity index is 789. The highest BCUT2D eigenvalue weighted by Crippen LogP contribution is 2.25. The highest BCUT2D eigenvalue weighted by Gasteiger charge is 2.28. The molecular weight excluding hydrogens is 312 g/mol. The summed E-state index contributed by atoms with van der Waals surface area (Å²) in [7, 11) is 2.01. The molecule has 3 heterocycles. The first-order chi connectivity index (χ1) is 12.1. The zero-order chi connectivity index (χ0) is 17.4. The van der Waals surface area contributed by atoms with E-state index in [2.05, 4.69) is 4.90 Å². The minimum absolute atomic E-state index is 0.122. The van der Waals surface area contributed by atoms with Crippen LogP contribution in [0.1, 0.15) is 45.7 Å². The molecule has 0 atom stereocenters. The van der Waals surface area contributed by atoms with Gasteiger partial charge in [-0.25, -0.2) is 0 Å². The van der Waals surface area contributed by atoms with Crippen molar-refractivity contribution < 1.29 is 4.79 Å². The van der Waals surface area contributed by atoms with Crippen LogP contribution in [0, 0.1) is 6.92 Å². The molecule has 4 rings (SSSR count). The van der Waals surface area contributed by atoms with Gasteiger partial charge < -0.3 is 4.90 Å². The van der Waals surface area contributed by atoms with Crippen molar-refractivity contribution in [1.82, 2.24) is 19.6 Å². The van der Waals surface area contributed by atoms with Gasteiger partial charge in [0.25, 0.3) is 5.91 Å². The second-order valence-corrected chi connectivity index (χ2v) is 7.32. The summed E-state index contributed by atoms with van der Waals surface area (Å²) >= 11 is 0. The van der Waals surface area contributed by atoms with E-state index in [0.29, 0.717) is 6.54 Å². The Morgan fingerprint density at radius 2 is 2.00 bits per heavy atom. The van der Waals surface area contributed by atoms with Crippen molar-refractivity contribution in [3.8, 4) is 0 Å². The van der Waals surface area contributed by atoms with Gasteiger partial charge in [-0.05, 0) is 51.4 Å². The predicted octanol–water partition coefficient (Wildman–Crippen LogP) is 2.52. The third-order valence-corrected chi connectivity index (χ3v) is 5.45. The molecule has 5 nitrogen and oxygen atoms in total. The summed E-state index contributed by atoms with van der Waals surface area (Å²) in [6.45, 7) is 6.78. The third kappa shape index (κ3) is 3.21. The fraction of sp³-hybridized carbons (Fsp3) is 0.500. The molecule has 25 heavy (non-hydrogen) atoms. The number of hydrogen-bond donors (Lipinski definition) is 0. The zero-order valence-electron chi connectivity index (χ0n) is 15.2. The summed E-state index contributed by atoms with van der Waals surface area (Å²) < 4.78 is 1.98. The molecule has 0 saturated carbocycles. The summed E-state index contributed by atoms with van der Waals surface area (Å²) in [6, 6.07) is 7.86. The highest BCUT2D eigenvalue weighted by atomic mass is 16.2. The Labute approximate surface area is 149 Å². The smallest absolute Gasteiger partial charge is 0.254 e. The molecule has 5 heteroatoms. The molecule has 0 bridgehead atoms. The maximum atomic E-state index is 12.8. The van der Waals surface area contributed by atoms with Crippen molar-refractivity contribution >= 4 is 5.91 Å². The average molecular weight is 338 g/mol. The first-order valence-corrected chi connectivity index (χ1v) is 9.24. The second kappa shape index (κ2) is 6.64. The lowest BCUT2D eigenvalue weighted by Crippen LogP contribution is -2.36. The molecule has 0 spiro atoms. The third-order valence-electron chi connectivity index (χ3n) is 5.45. The number of carbonyl (C=O) groups is 1. The van der Waals surface area contributed by atoms with Crippen LogP contribution >= 0.6 is 0 Å². The van der Waals surface area contributed by atoms with Gasteiger partial charge in [-0.1, -0.05) is 17.7 Å².